The third kappa shape index (κ3) is 3.05. The summed E-state index contributed by atoms with van der Waals surface area (Å²) in [5.41, 5.74) is 4.36. The van der Waals surface area contributed by atoms with Crippen molar-refractivity contribution in [2.24, 2.45) is 0 Å². The summed E-state index contributed by atoms with van der Waals surface area (Å²) in [5, 5.41) is 6.64. The monoisotopic (exact) mass is 326 g/mol. The lowest BCUT2D eigenvalue weighted by Crippen LogP contribution is -2.12. The summed E-state index contributed by atoms with van der Waals surface area (Å²) in [6.07, 6.45) is 0. The van der Waals surface area contributed by atoms with Crippen molar-refractivity contribution in [2.45, 2.75) is 20.8 Å². The molecular weight excluding hydrogens is 308 g/mol. The van der Waals surface area contributed by atoms with Gasteiger partial charge in [0, 0.05) is 6.07 Å². The molecule has 3 rings (SSSR count). The van der Waals surface area contributed by atoms with E-state index in [1.165, 1.54) is 5.56 Å². The molecular formula is C18H18N2O2S. The van der Waals surface area contributed by atoms with E-state index in [9.17, 15) is 4.79 Å². The number of carbonyl (C=O) groups excluding carboxylic acids is 1. The predicted molar refractivity (Wildman–Crippen MR) is 92.3 cm³/mol. The van der Waals surface area contributed by atoms with Crippen LogP contribution in [-0.2, 0) is 4.74 Å². The molecule has 0 unspecified atom stereocenters. The summed E-state index contributed by atoms with van der Waals surface area (Å²) in [5.74, 6) is -0.359. The Morgan fingerprint density at radius 3 is 2.74 bits per heavy atom. The molecule has 0 bridgehead atoms. The lowest BCUT2D eigenvalue weighted by molar-refractivity contribution is 0.0515. The van der Waals surface area contributed by atoms with Gasteiger partial charge in [0.25, 0.3) is 0 Å². The maximum absolute atomic E-state index is 12.3. The van der Waals surface area contributed by atoms with E-state index in [1.54, 1.807) is 29.0 Å². The Labute approximate surface area is 139 Å². The molecule has 0 fully saturated rings. The van der Waals surface area contributed by atoms with Crippen LogP contribution in [0.1, 0.15) is 28.5 Å². The molecule has 0 saturated heterocycles. The number of carbonyl (C=O) groups is 1. The Morgan fingerprint density at radius 2 is 2.09 bits per heavy atom. The van der Waals surface area contributed by atoms with Crippen LogP contribution in [0, 0.1) is 13.8 Å². The summed E-state index contributed by atoms with van der Waals surface area (Å²) in [6, 6.07) is 11.8. The molecule has 5 heteroatoms. The minimum Gasteiger partial charge on any atom is -0.461 e. The maximum Gasteiger partial charge on any atom is 0.357 e. The quantitative estimate of drug-likeness (QED) is 0.668. The molecule has 0 saturated carbocycles. The normalized spacial score (nSPS) is 10.7. The van der Waals surface area contributed by atoms with Crippen LogP contribution >= 0.6 is 11.3 Å². The standard InChI is InChI=1S/C18H18N2O2S/c1-4-22-18(21)16-11-14(17-6-5-9-23-17)19-20(16)15-8-7-12(2)10-13(15)3/h5-11H,4H2,1-3H3. The van der Waals surface area contributed by atoms with Crippen LogP contribution in [0.5, 0.6) is 0 Å². The Balaban J connectivity index is 2.15. The number of ether oxygens (including phenoxy) is 1. The summed E-state index contributed by atoms with van der Waals surface area (Å²) in [4.78, 5) is 13.3. The van der Waals surface area contributed by atoms with Crippen LogP contribution in [-0.4, -0.2) is 22.4 Å². The van der Waals surface area contributed by atoms with Crippen LogP contribution in [0.3, 0.4) is 0 Å². The van der Waals surface area contributed by atoms with Crippen LogP contribution in [0.2, 0.25) is 0 Å². The first-order chi connectivity index (χ1) is 11.1. The zero-order valence-electron chi connectivity index (χ0n) is 13.4. The second kappa shape index (κ2) is 6.38. The Hall–Kier alpha value is -2.40. The molecule has 0 aliphatic rings. The van der Waals surface area contributed by atoms with Crippen molar-refractivity contribution in [1.29, 1.82) is 0 Å². The van der Waals surface area contributed by atoms with E-state index in [1.807, 2.05) is 43.5 Å². The highest BCUT2D eigenvalue weighted by Crippen LogP contribution is 2.27. The van der Waals surface area contributed by atoms with Gasteiger partial charge in [0.05, 0.1) is 17.2 Å². The average Bonchev–Trinajstić information content (AvgIpc) is 3.16. The van der Waals surface area contributed by atoms with Crippen molar-refractivity contribution < 1.29 is 9.53 Å². The van der Waals surface area contributed by atoms with Gasteiger partial charge < -0.3 is 4.74 Å². The van der Waals surface area contributed by atoms with Crippen molar-refractivity contribution in [3.8, 4) is 16.3 Å². The number of aromatic nitrogens is 2. The van der Waals surface area contributed by atoms with Crippen LogP contribution in [0.15, 0.2) is 41.8 Å². The third-order valence-electron chi connectivity index (χ3n) is 3.55. The second-order valence-corrected chi connectivity index (χ2v) is 6.26. The summed E-state index contributed by atoms with van der Waals surface area (Å²) in [7, 11) is 0. The number of benzene rings is 1. The Kier molecular flexibility index (Phi) is 4.30. The molecule has 0 atom stereocenters. The van der Waals surface area contributed by atoms with Crippen molar-refractivity contribution in [3.63, 3.8) is 0 Å². The van der Waals surface area contributed by atoms with E-state index in [-0.39, 0.29) is 5.97 Å². The number of nitrogens with zero attached hydrogens (tertiary/aromatic N) is 2. The van der Waals surface area contributed by atoms with Gasteiger partial charge in [-0.15, -0.1) is 11.3 Å². The van der Waals surface area contributed by atoms with Crippen LogP contribution in [0.25, 0.3) is 16.3 Å². The van der Waals surface area contributed by atoms with Gasteiger partial charge in [-0.1, -0.05) is 23.8 Å². The number of rotatable bonds is 4. The number of esters is 1. The zero-order chi connectivity index (χ0) is 16.4. The fourth-order valence-electron chi connectivity index (χ4n) is 2.50. The van der Waals surface area contributed by atoms with Gasteiger partial charge in [0.1, 0.15) is 5.69 Å². The molecule has 0 radical (unpaired) electrons. The van der Waals surface area contributed by atoms with E-state index in [2.05, 4.69) is 11.2 Å². The molecule has 1 aromatic carbocycles. The molecule has 0 aliphatic heterocycles. The lowest BCUT2D eigenvalue weighted by Gasteiger charge is -2.10. The molecule has 118 valence electrons. The first kappa shape index (κ1) is 15.5. The van der Waals surface area contributed by atoms with Gasteiger partial charge >= 0.3 is 5.97 Å². The SMILES string of the molecule is CCOC(=O)c1cc(-c2cccs2)nn1-c1ccc(C)cc1C. The fraction of sp³-hybridized carbons (Fsp3) is 0.222. The summed E-state index contributed by atoms with van der Waals surface area (Å²) in [6.45, 7) is 6.20. The highest BCUT2D eigenvalue weighted by Gasteiger charge is 2.19. The van der Waals surface area contributed by atoms with Gasteiger partial charge in [0.15, 0.2) is 5.69 Å². The van der Waals surface area contributed by atoms with Crippen molar-refractivity contribution in [3.05, 3.63) is 58.6 Å². The molecule has 2 heterocycles. The van der Waals surface area contributed by atoms with Crippen molar-refractivity contribution in [2.75, 3.05) is 6.61 Å². The Bertz CT molecular complexity index is 835. The topological polar surface area (TPSA) is 44.1 Å². The predicted octanol–water partition coefficient (Wildman–Crippen LogP) is 4.39. The maximum atomic E-state index is 12.3. The van der Waals surface area contributed by atoms with Crippen molar-refractivity contribution in [1.82, 2.24) is 9.78 Å². The summed E-state index contributed by atoms with van der Waals surface area (Å²) < 4.78 is 6.87. The average molecular weight is 326 g/mol. The van der Waals surface area contributed by atoms with E-state index >= 15 is 0 Å². The van der Waals surface area contributed by atoms with Gasteiger partial charge in [-0.3, -0.25) is 0 Å². The third-order valence-corrected chi connectivity index (χ3v) is 4.44. The summed E-state index contributed by atoms with van der Waals surface area (Å²) >= 11 is 1.60. The highest BCUT2D eigenvalue weighted by atomic mass is 32.1. The lowest BCUT2D eigenvalue weighted by atomic mass is 10.1. The molecule has 0 spiro atoms. The van der Waals surface area contributed by atoms with Gasteiger partial charge in [-0.05, 0) is 43.8 Å². The second-order valence-electron chi connectivity index (χ2n) is 5.31. The zero-order valence-corrected chi connectivity index (χ0v) is 14.2. The fourth-order valence-corrected chi connectivity index (χ4v) is 3.18. The van der Waals surface area contributed by atoms with Crippen molar-refractivity contribution >= 4 is 17.3 Å². The number of hydrogen-bond donors (Lipinski definition) is 0. The van der Waals surface area contributed by atoms with E-state index in [4.69, 9.17) is 4.74 Å². The smallest absolute Gasteiger partial charge is 0.357 e. The van der Waals surface area contributed by atoms with E-state index in [0.29, 0.717) is 12.3 Å². The van der Waals surface area contributed by atoms with E-state index < -0.39 is 0 Å². The molecule has 0 amide bonds. The number of aryl methyl sites for hydroxylation is 2. The molecule has 4 nitrogen and oxygen atoms in total. The molecule has 0 N–H and O–H groups in total. The van der Waals surface area contributed by atoms with Gasteiger partial charge in [0.2, 0.25) is 0 Å². The molecule has 2 aromatic heterocycles. The van der Waals surface area contributed by atoms with E-state index in [0.717, 1.165) is 21.8 Å². The minimum atomic E-state index is -0.359. The molecule has 23 heavy (non-hydrogen) atoms. The Morgan fingerprint density at radius 1 is 1.26 bits per heavy atom. The first-order valence-corrected chi connectivity index (χ1v) is 8.37. The van der Waals surface area contributed by atoms with Gasteiger partial charge in [-0.25, -0.2) is 9.48 Å². The number of hydrogen-bond acceptors (Lipinski definition) is 4. The molecule has 3 aromatic rings. The van der Waals surface area contributed by atoms with Gasteiger partial charge in [-0.2, -0.15) is 5.10 Å². The van der Waals surface area contributed by atoms with Crippen LogP contribution < -0.4 is 0 Å². The highest BCUT2D eigenvalue weighted by molar-refractivity contribution is 7.13. The minimum absolute atomic E-state index is 0.339. The van der Waals surface area contributed by atoms with Crippen LogP contribution in [0.4, 0.5) is 0 Å². The number of thiophene rings is 1. The largest absolute Gasteiger partial charge is 0.461 e. The first-order valence-electron chi connectivity index (χ1n) is 7.49. The molecule has 0 aliphatic carbocycles.